The van der Waals surface area contributed by atoms with Gasteiger partial charge in [0.25, 0.3) is 0 Å². The van der Waals surface area contributed by atoms with Gasteiger partial charge >= 0.3 is 0 Å². The Hall–Kier alpha value is -2.42. The standard InChI is InChI=1S/C38H52O2/c1-5-7-9-11-13-17-26-37(27-18-14-12-10-8-6-2)28-25-34-32(30-37)24-29-38(39-3,40-4)36(34)35-23-19-21-31-20-15-16-22-33(31)35/h15-16,19-25,28-30H,5-14,17-18,26-27H2,1-4H3. The highest BCUT2D eigenvalue weighted by molar-refractivity contribution is 5.98. The summed E-state index contributed by atoms with van der Waals surface area (Å²) in [5.74, 6) is -0.917. The minimum atomic E-state index is -0.917. The third kappa shape index (κ3) is 7.07. The molecule has 2 heteroatoms. The summed E-state index contributed by atoms with van der Waals surface area (Å²) in [4.78, 5) is 0. The van der Waals surface area contributed by atoms with E-state index in [9.17, 15) is 0 Å². The second-order valence-corrected chi connectivity index (χ2v) is 11.9. The Labute approximate surface area is 244 Å². The predicted octanol–water partition coefficient (Wildman–Crippen LogP) is 11.1. The fourth-order valence-corrected chi connectivity index (χ4v) is 6.72. The van der Waals surface area contributed by atoms with Gasteiger partial charge in [-0.3, -0.25) is 0 Å². The van der Waals surface area contributed by atoms with Gasteiger partial charge in [-0.2, -0.15) is 0 Å². The van der Waals surface area contributed by atoms with E-state index in [1.54, 1.807) is 14.2 Å². The molecule has 0 aliphatic heterocycles. The molecule has 0 N–H and O–H groups in total. The average molecular weight is 541 g/mol. The highest BCUT2D eigenvalue weighted by Gasteiger charge is 2.40. The van der Waals surface area contributed by atoms with Crippen molar-refractivity contribution in [2.24, 2.45) is 5.41 Å². The Balaban J connectivity index is 1.68. The molecule has 40 heavy (non-hydrogen) atoms. The summed E-state index contributed by atoms with van der Waals surface area (Å²) in [7, 11) is 3.50. The van der Waals surface area contributed by atoms with Gasteiger partial charge in [-0.25, -0.2) is 0 Å². The van der Waals surface area contributed by atoms with Gasteiger partial charge < -0.3 is 9.47 Å². The molecule has 0 saturated carbocycles. The lowest BCUT2D eigenvalue weighted by atomic mass is 9.70. The molecule has 0 amide bonds. The van der Waals surface area contributed by atoms with E-state index in [1.807, 2.05) is 0 Å². The molecule has 216 valence electrons. The molecule has 0 radical (unpaired) electrons. The zero-order valence-corrected chi connectivity index (χ0v) is 25.6. The van der Waals surface area contributed by atoms with Crippen LogP contribution in [0.4, 0.5) is 0 Å². The lowest BCUT2D eigenvalue weighted by Crippen LogP contribution is -2.36. The Bertz CT molecular complexity index is 1190. The van der Waals surface area contributed by atoms with Crippen molar-refractivity contribution in [3.63, 3.8) is 0 Å². The largest absolute Gasteiger partial charge is 0.346 e. The van der Waals surface area contributed by atoms with Gasteiger partial charge in [0.2, 0.25) is 5.79 Å². The molecule has 0 unspecified atom stereocenters. The van der Waals surface area contributed by atoms with E-state index in [0.29, 0.717) is 0 Å². The van der Waals surface area contributed by atoms with Crippen molar-refractivity contribution in [2.75, 3.05) is 14.2 Å². The number of hydrogen-bond donors (Lipinski definition) is 0. The van der Waals surface area contributed by atoms with Gasteiger partial charge in [-0.05, 0) is 46.4 Å². The second-order valence-electron chi connectivity index (χ2n) is 11.9. The van der Waals surface area contributed by atoms with Crippen molar-refractivity contribution in [3.05, 3.63) is 89.6 Å². The summed E-state index contributed by atoms with van der Waals surface area (Å²) in [6, 6.07) is 15.2. The third-order valence-corrected chi connectivity index (χ3v) is 9.09. The van der Waals surface area contributed by atoms with E-state index in [4.69, 9.17) is 9.47 Å². The Morgan fingerprint density at radius 1 is 0.625 bits per heavy atom. The fourth-order valence-electron chi connectivity index (χ4n) is 6.72. The number of fused-ring (bicyclic) bond motifs is 2. The van der Waals surface area contributed by atoms with Crippen LogP contribution in [0.5, 0.6) is 0 Å². The van der Waals surface area contributed by atoms with Crippen molar-refractivity contribution in [1.29, 1.82) is 0 Å². The predicted molar refractivity (Wildman–Crippen MR) is 172 cm³/mol. The van der Waals surface area contributed by atoms with Crippen LogP contribution in [0.25, 0.3) is 16.3 Å². The first kappa shape index (κ1) is 30.5. The number of ether oxygens (including phenoxy) is 2. The van der Waals surface area contributed by atoms with Gasteiger partial charge in [-0.15, -0.1) is 0 Å². The molecule has 2 aliphatic rings. The van der Waals surface area contributed by atoms with Gasteiger partial charge in [0, 0.05) is 25.2 Å². The molecule has 2 aromatic carbocycles. The maximum Gasteiger partial charge on any atom is 0.216 e. The minimum absolute atomic E-state index is 0.128. The maximum absolute atomic E-state index is 6.14. The van der Waals surface area contributed by atoms with Crippen LogP contribution >= 0.6 is 0 Å². The van der Waals surface area contributed by atoms with Crippen LogP contribution in [0.15, 0.2) is 84.0 Å². The summed E-state index contributed by atoms with van der Waals surface area (Å²) in [5, 5.41) is 2.46. The topological polar surface area (TPSA) is 18.5 Å². The van der Waals surface area contributed by atoms with Crippen LogP contribution in [0.2, 0.25) is 0 Å². The maximum atomic E-state index is 6.14. The molecule has 4 rings (SSSR count). The van der Waals surface area contributed by atoms with Gasteiger partial charge in [0.1, 0.15) is 0 Å². The highest BCUT2D eigenvalue weighted by Crippen LogP contribution is 2.49. The molecule has 2 aliphatic carbocycles. The first-order chi connectivity index (χ1) is 19.6. The van der Waals surface area contributed by atoms with Crippen molar-refractivity contribution in [2.45, 2.75) is 110 Å². The number of unbranched alkanes of at least 4 members (excludes halogenated alkanes) is 10. The zero-order chi connectivity index (χ0) is 28.3. The van der Waals surface area contributed by atoms with E-state index < -0.39 is 5.79 Å². The van der Waals surface area contributed by atoms with Crippen LogP contribution in [-0.2, 0) is 9.47 Å². The lowest BCUT2D eigenvalue weighted by Gasteiger charge is -2.39. The summed E-state index contributed by atoms with van der Waals surface area (Å²) in [5.41, 5.74) is 4.95. The molecule has 0 fully saturated rings. The number of rotatable bonds is 17. The summed E-state index contributed by atoms with van der Waals surface area (Å²) < 4.78 is 12.3. The van der Waals surface area contributed by atoms with E-state index in [-0.39, 0.29) is 5.41 Å². The normalized spacial score (nSPS) is 17.4. The molecular weight excluding hydrogens is 488 g/mol. The third-order valence-electron chi connectivity index (χ3n) is 9.09. The van der Waals surface area contributed by atoms with Crippen LogP contribution in [0.1, 0.15) is 109 Å². The Morgan fingerprint density at radius 2 is 1.23 bits per heavy atom. The number of benzene rings is 2. The van der Waals surface area contributed by atoms with Crippen LogP contribution in [0, 0.1) is 5.41 Å². The van der Waals surface area contributed by atoms with E-state index in [2.05, 4.69) is 86.7 Å². The number of hydrogen-bond acceptors (Lipinski definition) is 2. The smallest absolute Gasteiger partial charge is 0.216 e. The highest BCUT2D eigenvalue weighted by atomic mass is 16.7. The summed E-state index contributed by atoms with van der Waals surface area (Å²) >= 11 is 0. The first-order valence-corrected chi connectivity index (χ1v) is 16.1. The lowest BCUT2D eigenvalue weighted by molar-refractivity contribution is -0.125. The van der Waals surface area contributed by atoms with Crippen LogP contribution < -0.4 is 0 Å². The molecule has 2 nitrogen and oxygen atoms in total. The monoisotopic (exact) mass is 540 g/mol. The van der Waals surface area contributed by atoms with Crippen LogP contribution in [-0.4, -0.2) is 20.0 Å². The molecule has 0 heterocycles. The zero-order valence-electron chi connectivity index (χ0n) is 25.6. The van der Waals surface area contributed by atoms with Crippen molar-refractivity contribution in [1.82, 2.24) is 0 Å². The van der Waals surface area contributed by atoms with E-state index in [0.717, 1.165) is 5.57 Å². The van der Waals surface area contributed by atoms with Crippen molar-refractivity contribution in [3.8, 4) is 0 Å². The summed E-state index contributed by atoms with van der Waals surface area (Å²) in [6.07, 6.45) is 30.5. The van der Waals surface area contributed by atoms with E-state index >= 15 is 0 Å². The van der Waals surface area contributed by atoms with Gasteiger partial charge in [-0.1, -0.05) is 158 Å². The summed E-state index contributed by atoms with van der Waals surface area (Å²) in [6.45, 7) is 4.59. The SMILES string of the molecule is CCCCCCCCC1(CCCCCCCC)C=CC2=C(c3cccc4ccccc34)C(OC)(OC)C=CC2=C1. The number of methoxy groups -OCH3 is 2. The molecule has 0 aromatic heterocycles. The molecule has 0 spiro atoms. The number of allylic oxidation sites excluding steroid dienone is 6. The van der Waals surface area contributed by atoms with Gasteiger partial charge in [0.15, 0.2) is 0 Å². The minimum Gasteiger partial charge on any atom is -0.346 e. The average Bonchev–Trinajstić information content (AvgIpc) is 3.00. The Morgan fingerprint density at radius 3 is 1.88 bits per heavy atom. The van der Waals surface area contributed by atoms with Gasteiger partial charge in [0.05, 0.1) is 0 Å². The molecule has 0 atom stereocenters. The van der Waals surface area contributed by atoms with Crippen molar-refractivity contribution >= 4 is 16.3 Å². The fraction of sp³-hybridized carbons (Fsp3) is 0.526. The Kier molecular flexibility index (Phi) is 11.4. The quantitative estimate of drug-likeness (QED) is 0.147. The molecule has 0 bridgehead atoms. The van der Waals surface area contributed by atoms with Crippen LogP contribution in [0.3, 0.4) is 0 Å². The molecular formula is C38H52O2. The van der Waals surface area contributed by atoms with Crippen molar-refractivity contribution < 1.29 is 9.47 Å². The molecule has 0 saturated heterocycles. The molecule has 2 aromatic rings. The second kappa shape index (κ2) is 15.0. The van der Waals surface area contributed by atoms with E-state index in [1.165, 1.54) is 117 Å². The first-order valence-electron chi connectivity index (χ1n) is 16.1.